The van der Waals surface area contributed by atoms with E-state index in [1.807, 2.05) is 18.5 Å². The molecule has 0 spiro atoms. The predicted octanol–water partition coefficient (Wildman–Crippen LogP) is 1.89. The molecule has 1 heterocycles. The van der Waals surface area contributed by atoms with E-state index in [0.29, 0.717) is 0 Å². The normalized spacial score (nSPS) is 11.2. The Morgan fingerprint density at radius 3 is 2.82 bits per heavy atom. The zero-order valence-electron chi connectivity index (χ0n) is 10.5. The van der Waals surface area contributed by atoms with Crippen molar-refractivity contribution in [3.05, 3.63) is 42.2 Å². The number of aromatic nitrogens is 1. The predicted molar refractivity (Wildman–Crippen MR) is 72.0 cm³/mol. The summed E-state index contributed by atoms with van der Waals surface area (Å²) < 4.78 is 0. The largest absolute Gasteiger partial charge is 0.311 e. The van der Waals surface area contributed by atoms with Gasteiger partial charge in [-0.3, -0.25) is 4.98 Å². The van der Waals surface area contributed by atoms with Crippen molar-refractivity contribution in [2.75, 3.05) is 27.2 Å². The molecule has 0 aliphatic carbocycles. The second-order valence-electron chi connectivity index (χ2n) is 4.50. The van der Waals surface area contributed by atoms with E-state index < -0.39 is 0 Å². The Morgan fingerprint density at radius 2 is 2.00 bits per heavy atom. The van der Waals surface area contributed by atoms with Crippen molar-refractivity contribution in [2.45, 2.75) is 6.54 Å². The number of hydrogen-bond acceptors (Lipinski definition) is 3. The highest BCUT2D eigenvalue weighted by molar-refractivity contribution is 5.84. The third kappa shape index (κ3) is 3.25. The molecule has 3 heteroatoms. The van der Waals surface area contributed by atoms with Crippen molar-refractivity contribution in [3.63, 3.8) is 0 Å². The third-order valence-corrected chi connectivity index (χ3v) is 2.80. The first-order valence-corrected chi connectivity index (χ1v) is 5.94. The van der Waals surface area contributed by atoms with Crippen molar-refractivity contribution < 1.29 is 0 Å². The summed E-state index contributed by atoms with van der Waals surface area (Å²) in [5.74, 6) is 0. The summed E-state index contributed by atoms with van der Waals surface area (Å²) in [7, 11) is 4.17. The van der Waals surface area contributed by atoms with Gasteiger partial charge < -0.3 is 10.2 Å². The molecule has 1 aromatic carbocycles. The van der Waals surface area contributed by atoms with Gasteiger partial charge in [-0.05, 0) is 25.0 Å². The number of nitrogens with one attached hydrogen (secondary N) is 1. The van der Waals surface area contributed by atoms with Crippen LogP contribution in [-0.4, -0.2) is 37.1 Å². The number of benzene rings is 1. The zero-order chi connectivity index (χ0) is 12.1. The van der Waals surface area contributed by atoms with Crippen LogP contribution in [0.4, 0.5) is 0 Å². The fourth-order valence-electron chi connectivity index (χ4n) is 1.85. The standard InChI is InChI=1S/C14H19N3/c1-17(2)8-7-15-10-13-11-16-9-12-5-3-4-6-14(12)13/h3-6,9,11,15H,7-8,10H2,1-2H3. The third-order valence-electron chi connectivity index (χ3n) is 2.80. The second-order valence-corrected chi connectivity index (χ2v) is 4.50. The molecule has 0 bridgehead atoms. The van der Waals surface area contributed by atoms with E-state index in [0.717, 1.165) is 19.6 Å². The summed E-state index contributed by atoms with van der Waals surface area (Å²) in [5.41, 5.74) is 1.27. The molecule has 0 saturated carbocycles. The van der Waals surface area contributed by atoms with Crippen LogP contribution in [0.5, 0.6) is 0 Å². The van der Waals surface area contributed by atoms with Gasteiger partial charge in [0.25, 0.3) is 0 Å². The van der Waals surface area contributed by atoms with E-state index in [2.05, 4.69) is 47.5 Å². The molecular formula is C14H19N3. The first-order chi connectivity index (χ1) is 8.27. The van der Waals surface area contributed by atoms with Gasteiger partial charge in [-0.1, -0.05) is 24.3 Å². The molecule has 0 fully saturated rings. The molecule has 0 aliphatic heterocycles. The van der Waals surface area contributed by atoms with E-state index >= 15 is 0 Å². The smallest absolute Gasteiger partial charge is 0.0346 e. The minimum atomic E-state index is 0.877. The molecule has 0 radical (unpaired) electrons. The van der Waals surface area contributed by atoms with Crippen molar-refractivity contribution in [1.29, 1.82) is 0 Å². The average Bonchev–Trinajstić information content (AvgIpc) is 2.34. The van der Waals surface area contributed by atoms with Crippen LogP contribution in [0.25, 0.3) is 10.8 Å². The van der Waals surface area contributed by atoms with Gasteiger partial charge in [-0.15, -0.1) is 0 Å². The molecule has 1 N–H and O–H groups in total. The average molecular weight is 229 g/mol. The molecule has 0 unspecified atom stereocenters. The topological polar surface area (TPSA) is 28.2 Å². The maximum absolute atomic E-state index is 4.28. The van der Waals surface area contributed by atoms with Gasteiger partial charge in [0.1, 0.15) is 0 Å². The van der Waals surface area contributed by atoms with Gasteiger partial charge in [-0.25, -0.2) is 0 Å². The zero-order valence-corrected chi connectivity index (χ0v) is 10.5. The SMILES string of the molecule is CN(C)CCNCc1cncc2ccccc12. The van der Waals surface area contributed by atoms with Gasteiger partial charge in [0.15, 0.2) is 0 Å². The van der Waals surface area contributed by atoms with Gasteiger partial charge in [-0.2, -0.15) is 0 Å². The molecule has 0 atom stereocenters. The summed E-state index contributed by atoms with van der Waals surface area (Å²) in [6, 6.07) is 8.38. The molecular weight excluding hydrogens is 210 g/mol. The molecule has 90 valence electrons. The molecule has 0 aliphatic rings. The highest BCUT2D eigenvalue weighted by Crippen LogP contribution is 2.16. The van der Waals surface area contributed by atoms with Gasteiger partial charge in [0.05, 0.1) is 0 Å². The lowest BCUT2D eigenvalue weighted by atomic mass is 10.1. The molecule has 0 amide bonds. The quantitative estimate of drug-likeness (QED) is 0.794. The summed E-state index contributed by atoms with van der Waals surface area (Å²) >= 11 is 0. The molecule has 2 aromatic rings. The minimum Gasteiger partial charge on any atom is -0.311 e. The number of fused-ring (bicyclic) bond motifs is 1. The van der Waals surface area contributed by atoms with Gasteiger partial charge in [0, 0.05) is 37.4 Å². The molecule has 17 heavy (non-hydrogen) atoms. The monoisotopic (exact) mass is 229 g/mol. The summed E-state index contributed by atoms with van der Waals surface area (Å²) in [6.45, 7) is 2.93. The molecule has 0 saturated heterocycles. The Balaban J connectivity index is 2.03. The number of pyridine rings is 1. The van der Waals surface area contributed by atoms with E-state index in [1.165, 1.54) is 16.3 Å². The Morgan fingerprint density at radius 1 is 1.18 bits per heavy atom. The number of rotatable bonds is 5. The Hall–Kier alpha value is -1.45. The maximum Gasteiger partial charge on any atom is 0.0346 e. The van der Waals surface area contributed by atoms with Crippen molar-refractivity contribution >= 4 is 10.8 Å². The maximum atomic E-state index is 4.28. The molecule has 2 rings (SSSR count). The van der Waals surface area contributed by atoms with Crippen LogP contribution in [0.2, 0.25) is 0 Å². The molecule has 1 aromatic heterocycles. The van der Waals surface area contributed by atoms with Crippen LogP contribution in [0.15, 0.2) is 36.7 Å². The van der Waals surface area contributed by atoms with E-state index in [9.17, 15) is 0 Å². The van der Waals surface area contributed by atoms with E-state index in [1.54, 1.807) is 0 Å². The number of likely N-dealkylation sites (N-methyl/N-ethyl adjacent to an activating group) is 1. The lowest BCUT2D eigenvalue weighted by molar-refractivity contribution is 0.400. The second kappa shape index (κ2) is 5.75. The van der Waals surface area contributed by atoms with Crippen LogP contribution in [0.1, 0.15) is 5.56 Å². The van der Waals surface area contributed by atoms with Crippen molar-refractivity contribution in [1.82, 2.24) is 15.2 Å². The molecule has 3 nitrogen and oxygen atoms in total. The first kappa shape index (κ1) is 12.0. The van der Waals surface area contributed by atoms with Gasteiger partial charge >= 0.3 is 0 Å². The summed E-state index contributed by atoms with van der Waals surface area (Å²) in [6.07, 6.45) is 3.86. The minimum absolute atomic E-state index is 0.877. The van der Waals surface area contributed by atoms with Crippen molar-refractivity contribution in [2.24, 2.45) is 0 Å². The fraction of sp³-hybridized carbons (Fsp3) is 0.357. The van der Waals surface area contributed by atoms with Gasteiger partial charge in [0.2, 0.25) is 0 Å². The Kier molecular flexibility index (Phi) is 4.07. The fourth-order valence-corrected chi connectivity index (χ4v) is 1.85. The number of nitrogens with zero attached hydrogens (tertiary/aromatic N) is 2. The van der Waals surface area contributed by atoms with E-state index in [-0.39, 0.29) is 0 Å². The lowest BCUT2D eigenvalue weighted by Gasteiger charge is -2.11. The summed E-state index contributed by atoms with van der Waals surface area (Å²) in [4.78, 5) is 6.45. The highest BCUT2D eigenvalue weighted by atomic mass is 15.1. The Labute approximate surface area is 102 Å². The van der Waals surface area contributed by atoms with Crippen LogP contribution < -0.4 is 5.32 Å². The van der Waals surface area contributed by atoms with E-state index in [4.69, 9.17) is 0 Å². The van der Waals surface area contributed by atoms with Crippen LogP contribution in [0, 0.1) is 0 Å². The van der Waals surface area contributed by atoms with Crippen LogP contribution >= 0.6 is 0 Å². The first-order valence-electron chi connectivity index (χ1n) is 5.94. The lowest BCUT2D eigenvalue weighted by Crippen LogP contribution is -2.26. The van der Waals surface area contributed by atoms with Crippen LogP contribution in [-0.2, 0) is 6.54 Å². The highest BCUT2D eigenvalue weighted by Gasteiger charge is 2.00. The Bertz CT molecular complexity index is 474. The van der Waals surface area contributed by atoms with Crippen molar-refractivity contribution in [3.8, 4) is 0 Å². The number of hydrogen-bond donors (Lipinski definition) is 1. The summed E-state index contributed by atoms with van der Waals surface area (Å²) in [5, 5.41) is 5.94. The van der Waals surface area contributed by atoms with Crippen LogP contribution in [0.3, 0.4) is 0 Å².